The van der Waals surface area contributed by atoms with Crippen molar-refractivity contribution in [2.75, 3.05) is 5.32 Å². The molecular weight excluding hydrogens is 603 g/mol. The van der Waals surface area contributed by atoms with E-state index in [1.165, 1.54) is 18.3 Å². The van der Waals surface area contributed by atoms with Gasteiger partial charge in [-0.1, -0.05) is 36.4 Å². The van der Waals surface area contributed by atoms with Crippen LogP contribution in [0, 0.1) is 11.6 Å². The number of ether oxygens (including phenoxy) is 3. The molecule has 0 unspecified atom stereocenters. The van der Waals surface area contributed by atoms with Gasteiger partial charge in [-0.3, -0.25) is 15.1 Å². The number of alkyl halides is 3. The van der Waals surface area contributed by atoms with Crippen LogP contribution in [-0.2, 0) is 11.3 Å². The van der Waals surface area contributed by atoms with Crippen molar-refractivity contribution in [3.8, 4) is 11.5 Å². The Hall–Kier alpha value is -5.27. The van der Waals surface area contributed by atoms with E-state index in [1.807, 2.05) is 6.07 Å². The smallest absolute Gasteiger partial charge is 0.485 e. The zero-order valence-corrected chi connectivity index (χ0v) is 24.1. The van der Waals surface area contributed by atoms with Crippen LogP contribution in [0.15, 0.2) is 79.1 Å². The second-order valence-corrected chi connectivity index (χ2v) is 10.5. The lowest BCUT2D eigenvalue weighted by molar-refractivity contribution is -0.275. The van der Waals surface area contributed by atoms with Crippen molar-refractivity contribution in [3.63, 3.8) is 0 Å². The quantitative estimate of drug-likeness (QED) is 0.190. The summed E-state index contributed by atoms with van der Waals surface area (Å²) in [6.45, 7) is 5.04. The lowest BCUT2D eigenvalue weighted by Gasteiger charge is -2.21. The number of hydrogen-bond acceptors (Lipinski definition) is 7. The summed E-state index contributed by atoms with van der Waals surface area (Å²) in [5.74, 6) is -4.33. The summed E-state index contributed by atoms with van der Waals surface area (Å²) >= 11 is 0. The highest BCUT2D eigenvalue weighted by atomic mass is 19.4. The molecule has 0 spiro atoms. The Morgan fingerprint density at radius 1 is 0.889 bits per heavy atom. The van der Waals surface area contributed by atoms with Crippen molar-refractivity contribution >= 4 is 17.8 Å². The van der Waals surface area contributed by atoms with Crippen molar-refractivity contribution in [2.24, 2.45) is 0 Å². The van der Waals surface area contributed by atoms with Crippen LogP contribution in [0.2, 0.25) is 0 Å². The highest BCUT2D eigenvalue weighted by Crippen LogP contribution is 2.31. The lowest BCUT2D eigenvalue weighted by Crippen LogP contribution is -2.31. The number of benzene rings is 2. The first-order valence-electron chi connectivity index (χ1n) is 13.3. The number of pyridine rings is 2. The molecule has 4 aromatic rings. The number of rotatable bonds is 9. The number of aromatic nitrogens is 2. The Morgan fingerprint density at radius 2 is 1.62 bits per heavy atom. The zero-order chi connectivity index (χ0) is 32.8. The lowest BCUT2D eigenvalue weighted by atomic mass is 10.0. The van der Waals surface area contributed by atoms with E-state index >= 15 is 0 Å². The first-order valence-corrected chi connectivity index (χ1v) is 13.3. The maximum absolute atomic E-state index is 14.8. The monoisotopic (exact) mass is 630 g/mol. The molecule has 0 aliphatic carbocycles. The summed E-state index contributed by atoms with van der Waals surface area (Å²) in [6.07, 6.45) is -3.66. The molecule has 0 fully saturated rings. The molecule has 0 saturated carbocycles. The van der Waals surface area contributed by atoms with E-state index in [0.717, 1.165) is 23.9 Å². The van der Waals surface area contributed by atoms with E-state index in [2.05, 4.69) is 25.3 Å². The van der Waals surface area contributed by atoms with Crippen LogP contribution < -0.4 is 20.1 Å². The van der Waals surface area contributed by atoms with E-state index in [4.69, 9.17) is 9.47 Å². The summed E-state index contributed by atoms with van der Waals surface area (Å²) in [4.78, 5) is 34.0. The highest BCUT2D eigenvalue weighted by molar-refractivity contribution is 5.96. The maximum atomic E-state index is 14.8. The molecule has 2 amide bonds. The van der Waals surface area contributed by atoms with E-state index in [0.29, 0.717) is 12.1 Å². The SMILES string of the molecule is CC(C)(C)OC(=O)Nc1ncc(C(=O)N[C@@H](c2ccc(OC(F)(F)F)c(F)c2)c2ncccc2F)cc1OCc1ccccc1. The molecule has 0 aliphatic rings. The van der Waals surface area contributed by atoms with Crippen LogP contribution in [-0.4, -0.2) is 33.9 Å². The Morgan fingerprint density at radius 3 is 2.27 bits per heavy atom. The van der Waals surface area contributed by atoms with Crippen molar-refractivity contribution in [3.05, 3.63) is 113 Å². The predicted octanol–water partition coefficient (Wildman–Crippen LogP) is 7.10. The number of anilines is 1. The van der Waals surface area contributed by atoms with Gasteiger partial charge in [0.1, 0.15) is 23.7 Å². The molecule has 45 heavy (non-hydrogen) atoms. The number of carbonyl (C=O) groups is 2. The van der Waals surface area contributed by atoms with E-state index < -0.39 is 47.4 Å². The van der Waals surface area contributed by atoms with Crippen molar-refractivity contribution < 1.29 is 45.8 Å². The molecule has 2 N–H and O–H groups in total. The summed E-state index contributed by atoms with van der Waals surface area (Å²) in [6, 6.07) is 13.5. The molecule has 4 rings (SSSR count). The third-order valence-corrected chi connectivity index (χ3v) is 5.82. The fourth-order valence-electron chi connectivity index (χ4n) is 3.95. The standard InChI is InChI=1S/C31H27F5N4O5/c1-30(2,3)45-29(42)40-27-24(43-17-18-8-5-4-6-9-18)15-20(16-38-27)28(41)39-25(26-21(32)10-7-13-37-26)19-11-12-23(22(33)14-19)44-31(34,35)36/h4-16,25H,17H2,1-3H3,(H,39,41)(H,38,40,42)/t25-/m0/s1. The van der Waals surface area contributed by atoms with E-state index in [-0.39, 0.29) is 35.0 Å². The second-order valence-electron chi connectivity index (χ2n) is 10.5. The summed E-state index contributed by atoms with van der Waals surface area (Å²) < 4.78 is 82.2. The van der Waals surface area contributed by atoms with Gasteiger partial charge < -0.3 is 19.5 Å². The van der Waals surface area contributed by atoms with Gasteiger partial charge in [0.25, 0.3) is 5.91 Å². The minimum absolute atomic E-state index is 0.0161. The topological polar surface area (TPSA) is 112 Å². The van der Waals surface area contributed by atoms with Crippen LogP contribution in [0.25, 0.3) is 0 Å². The number of halogens is 5. The number of amides is 2. The summed E-state index contributed by atoms with van der Waals surface area (Å²) in [5, 5.41) is 4.99. The molecule has 2 heterocycles. The minimum Gasteiger partial charge on any atom is -0.485 e. The normalized spacial score (nSPS) is 12.2. The van der Waals surface area contributed by atoms with Gasteiger partial charge in [-0.25, -0.2) is 18.6 Å². The fourth-order valence-corrected chi connectivity index (χ4v) is 3.95. The summed E-state index contributed by atoms with van der Waals surface area (Å²) in [5.41, 5.74) is -0.648. The number of nitrogens with zero attached hydrogens (tertiary/aromatic N) is 2. The minimum atomic E-state index is -5.15. The molecule has 9 nitrogen and oxygen atoms in total. The van der Waals surface area contributed by atoms with Gasteiger partial charge in [-0.15, -0.1) is 13.2 Å². The first kappa shape index (κ1) is 32.6. The highest BCUT2D eigenvalue weighted by Gasteiger charge is 2.33. The van der Waals surface area contributed by atoms with Crippen LogP contribution in [0.5, 0.6) is 11.5 Å². The van der Waals surface area contributed by atoms with Crippen molar-refractivity contribution in [1.29, 1.82) is 0 Å². The van der Waals surface area contributed by atoms with E-state index in [1.54, 1.807) is 45.0 Å². The Kier molecular flexibility index (Phi) is 9.85. The van der Waals surface area contributed by atoms with Crippen LogP contribution in [0.1, 0.15) is 54.0 Å². The van der Waals surface area contributed by atoms with Crippen LogP contribution in [0.4, 0.5) is 32.6 Å². The third kappa shape index (κ3) is 9.36. The van der Waals surface area contributed by atoms with Gasteiger partial charge in [0.05, 0.1) is 11.6 Å². The number of nitrogens with one attached hydrogen (secondary N) is 2. The molecule has 0 bridgehead atoms. The average molecular weight is 631 g/mol. The molecule has 0 saturated heterocycles. The molecule has 236 valence electrons. The van der Waals surface area contributed by atoms with Gasteiger partial charge in [0, 0.05) is 12.4 Å². The molecule has 14 heteroatoms. The molecule has 1 atom stereocenters. The number of hydrogen-bond donors (Lipinski definition) is 2. The molecule has 2 aromatic heterocycles. The first-order chi connectivity index (χ1) is 21.2. The summed E-state index contributed by atoms with van der Waals surface area (Å²) in [7, 11) is 0. The Balaban J connectivity index is 1.66. The second kappa shape index (κ2) is 13.6. The van der Waals surface area contributed by atoms with Crippen molar-refractivity contribution in [1.82, 2.24) is 15.3 Å². The zero-order valence-electron chi connectivity index (χ0n) is 24.1. The molecule has 0 aliphatic heterocycles. The van der Waals surface area contributed by atoms with Crippen LogP contribution >= 0.6 is 0 Å². The average Bonchev–Trinajstić information content (AvgIpc) is 2.96. The van der Waals surface area contributed by atoms with Crippen molar-refractivity contribution in [2.45, 2.75) is 45.4 Å². The van der Waals surface area contributed by atoms with Gasteiger partial charge in [0.2, 0.25) is 0 Å². The third-order valence-electron chi connectivity index (χ3n) is 5.82. The molecular formula is C31H27F5N4O5. The Bertz CT molecular complexity index is 1660. The maximum Gasteiger partial charge on any atom is 0.573 e. The molecule has 0 radical (unpaired) electrons. The van der Waals surface area contributed by atoms with Gasteiger partial charge in [-0.2, -0.15) is 0 Å². The van der Waals surface area contributed by atoms with E-state index in [9.17, 15) is 31.5 Å². The Labute approximate surface area is 254 Å². The number of carbonyl (C=O) groups excluding carboxylic acids is 2. The predicted molar refractivity (Wildman–Crippen MR) is 151 cm³/mol. The molecule has 2 aromatic carbocycles. The van der Waals surface area contributed by atoms with Crippen LogP contribution in [0.3, 0.4) is 0 Å². The van der Waals surface area contributed by atoms with Gasteiger partial charge in [0.15, 0.2) is 23.1 Å². The van der Waals surface area contributed by atoms with Gasteiger partial charge in [-0.05, 0) is 62.2 Å². The largest absolute Gasteiger partial charge is 0.573 e. The fraction of sp³-hybridized carbons (Fsp3) is 0.226. The van der Waals surface area contributed by atoms with Gasteiger partial charge >= 0.3 is 12.5 Å².